The van der Waals surface area contributed by atoms with Gasteiger partial charge in [-0.15, -0.1) is 0 Å². The third-order valence-electron chi connectivity index (χ3n) is 3.36. The second-order valence-corrected chi connectivity index (χ2v) is 8.87. The van der Waals surface area contributed by atoms with Crippen LogP contribution < -0.4 is 5.32 Å². The van der Waals surface area contributed by atoms with Gasteiger partial charge in [-0.25, -0.2) is 13.2 Å². The molecule has 2 rings (SSSR count). The van der Waals surface area contributed by atoms with Gasteiger partial charge in [-0.3, -0.25) is 4.79 Å². The number of amides is 1. The van der Waals surface area contributed by atoms with Gasteiger partial charge in [0.1, 0.15) is 0 Å². The molecule has 0 aromatic heterocycles. The van der Waals surface area contributed by atoms with E-state index in [2.05, 4.69) is 21.2 Å². The highest BCUT2D eigenvalue weighted by atomic mass is 79.9. The average molecular weight is 440 g/mol. The van der Waals surface area contributed by atoms with Crippen molar-refractivity contribution < 1.29 is 22.7 Å². The van der Waals surface area contributed by atoms with Crippen molar-refractivity contribution in [2.24, 2.45) is 0 Å². The molecule has 0 saturated carbocycles. The molecule has 2 aromatic rings. The molecular formula is C18H18BrNO5S. The highest BCUT2D eigenvalue weighted by Gasteiger charge is 2.19. The van der Waals surface area contributed by atoms with Crippen molar-refractivity contribution in [3.05, 3.63) is 64.1 Å². The number of anilines is 1. The number of benzene rings is 2. The van der Waals surface area contributed by atoms with Gasteiger partial charge in [0.05, 0.1) is 11.3 Å². The van der Waals surface area contributed by atoms with E-state index in [1.165, 1.54) is 19.1 Å². The number of sulfone groups is 1. The Kier molecular flexibility index (Phi) is 6.55. The van der Waals surface area contributed by atoms with Crippen molar-refractivity contribution in [3.63, 3.8) is 0 Å². The van der Waals surface area contributed by atoms with Crippen molar-refractivity contribution in [2.75, 3.05) is 11.6 Å². The Labute approximate surface area is 160 Å². The Morgan fingerprint density at radius 2 is 1.81 bits per heavy atom. The molecule has 0 spiro atoms. The number of hydrogen-bond acceptors (Lipinski definition) is 5. The number of carbonyl (C=O) groups excluding carboxylic acids is 2. The molecule has 1 amide bonds. The topological polar surface area (TPSA) is 89.5 Å². The number of ether oxygens (including phenoxy) is 1. The summed E-state index contributed by atoms with van der Waals surface area (Å²) in [6, 6.07) is 13.1. The Hall–Kier alpha value is -2.19. The Balaban J connectivity index is 2.01. The first kappa shape index (κ1) is 20.1. The van der Waals surface area contributed by atoms with Gasteiger partial charge in [0.2, 0.25) is 0 Å². The lowest BCUT2D eigenvalue weighted by molar-refractivity contribution is -0.123. The molecule has 8 heteroatoms. The van der Waals surface area contributed by atoms with Crippen molar-refractivity contribution in [1.29, 1.82) is 0 Å². The van der Waals surface area contributed by atoms with E-state index in [-0.39, 0.29) is 11.3 Å². The van der Waals surface area contributed by atoms with E-state index < -0.39 is 27.8 Å². The predicted molar refractivity (Wildman–Crippen MR) is 103 cm³/mol. The summed E-state index contributed by atoms with van der Waals surface area (Å²) >= 11 is 3.30. The molecular weight excluding hydrogens is 422 g/mol. The molecule has 138 valence electrons. The molecule has 0 aliphatic heterocycles. The number of esters is 1. The fraction of sp³-hybridized carbons (Fsp3) is 0.222. The molecule has 0 fully saturated rings. The second-order valence-electron chi connectivity index (χ2n) is 5.81. The van der Waals surface area contributed by atoms with Crippen LogP contribution in [-0.2, 0) is 25.1 Å². The predicted octanol–water partition coefficient (Wildman–Crippen LogP) is 3.18. The van der Waals surface area contributed by atoms with Gasteiger partial charge in [-0.1, -0.05) is 28.1 Å². The van der Waals surface area contributed by atoms with Crippen LogP contribution in [0.2, 0.25) is 0 Å². The van der Waals surface area contributed by atoms with E-state index in [4.69, 9.17) is 4.74 Å². The van der Waals surface area contributed by atoms with Crippen LogP contribution >= 0.6 is 15.9 Å². The molecule has 1 N–H and O–H groups in total. The molecule has 0 saturated heterocycles. The van der Waals surface area contributed by atoms with Crippen LogP contribution in [0.4, 0.5) is 5.69 Å². The van der Waals surface area contributed by atoms with Crippen LogP contribution in [0.15, 0.2) is 53.0 Å². The number of nitrogens with one attached hydrogen (secondary N) is 1. The second kappa shape index (κ2) is 8.46. The Morgan fingerprint density at radius 3 is 2.42 bits per heavy atom. The van der Waals surface area contributed by atoms with E-state index in [1.54, 1.807) is 36.4 Å². The van der Waals surface area contributed by atoms with Gasteiger partial charge in [-0.2, -0.15) is 0 Å². The smallest absolute Gasteiger partial charge is 0.338 e. The maximum Gasteiger partial charge on any atom is 0.338 e. The maximum absolute atomic E-state index is 12.2. The fourth-order valence-corrected chi connectivity index (χ4v) is 3.20. The van der Waals surface area contributed by atoms with Crippen molar-refractivity contribution in [2.45, 2.75) is 18.8 Å². The van der Waals surface area contributed by atoms with Gasteiger partial charge in [0, 0.05) is 16.4 Å². The van der Waals surface area contributed by atoms with Crippen LogP contribution in [0.1, 0.15) is 22.8 Å². The number of carbonyl (C=O) groups is 2. The SMILES string of the molecule is CC(OC(=O)c1cccc(CS(C)(=O)=O)c1)C(=O)Nc1ccc(Br)cc1. The molecule has 2 aromatic carbocycles. The zero-order valence-electron chi connectivity index (χ0n) is 14.2. The minimum absolute atomic E-state index is 0.173. The van der Waals surface area contributed by atoms with E-state index in [1.807, 2.05) is 0 Å². The van der Waals surface area contributed by atoms with Gasteiger partial charge < -0.3 is 10.1 Å². The van der Waals surface area contributed by atoms with Crippen molar-refractivity contribution in [3.8, 4) is 0 Å². The lowest BCUT2D eigenvalue weighted by atomic mass is 10.1. The minimum Gasteiger partial charge on any atom is -0.449 e. The third kappa shape index (κ3) is 6.27. The number of halogens is 1. The van der Waals surface area contributed by atoms with Crippen molar-refractivity contribution >= 4 is 43.3 Å². The summed E-state index contributed by atoms with van der Waals surface area (Å²) in [4.78, 5) is 24.4. The summed E-state index contributed by atoms with van der Waals surface area (Å²) in [7, 11) is -3.21. The fourth-order valence-electron chi connectivity index (χ4n) is 2.15. The molecule has 1 unspecified atom stereocenters. The summed E-state index contributed by atoms with van der Waals surface area (Å²) in [6.45, 7) is 1.46. The molecule has 0 aliphatic carbocycles. The standard InChI is InChI=1S/C18H18BrNO5S/c1-12(17(21)20-16-8-6-15(19)7-9-16)25-18(22)14-5-3-4-13(10-14)11-26(2,23)24/h3-10,12H,11H2,1-2H3,(H,20,21). The molecule has 6 nitrogen and oxygen atoms in total. The zero-order chi connectivity index (χ0) is 19.3. The van der Waals surface area contributed by atoms with E-state index in [0.717, 1.165) is 10.7 Å². The van der Waals surface area contributed by atoms with Gasteiger partial charge >= 0.3 is 5.97 Å². The zero-order valence-corrected chi connectivity index (χ0v) is 16.6. The normalized spacial score (nSPS) is 12.3. The molecule has 0 radical (unpaired) electrons. The van der Waals surface area contributed by atoms with Crippen LogP contribution in [0.5, 0.6) is 0 Å². The third-order valence-corrected chi connectivity index (χ3v) is 4.74. The molecule has 1 atom stereocenters. The van der Waals surface area contributed by atoms with Crippen LogP contribution in [-0.4, -0.2) is 32.7 Å². The lowest BCUT2D eigenvalue weighted by Gasteiger charge is -2.14. The Morgan fingerprint density at radius 1 is 1.15 bits per heavy atom. The van der Waals surface area contributed by atoms with Crippen molar-refractivity contribution in [1.82, 2.24) is 0 Å². The number of rotatable bonds is 6. The summed E-state index contributed by atoms with van der Waals surface area (Å²) < 4.78 is 28.8. The summed E-state index contributed by atoms with van der Waals surface area (Å²) in [5.41, 5.74) is 1.25. The average Bonchev–Trinajstić information content (AvgIpc) is 2.55. The first-order valence-electron chi connectivity index (χ1n) is 7.68. The Bertz CT molecular complexity index is 909. The van der Waals surface area contributed by atoms with E-state index >= 15 is 0 Å². The van der Waals surface area contributed by atoms with E-state index in [9.17, 15) is 18.0 Å². The highest BCUT2D eigenvalue weighted by molar-refractivity contribution is 9.10. The molecule has 0 bridgehead atoms. The largest absolute Gasteiger partial charge is 0.449 e. The summed E-state index contributed by atoms with van der Waals surface area (Å²) in [6.07, 6.45) is 0.108. The van der Waals surface area contributed by atoms with Gasteiger partial charge in [0.25, 0.3) is 5.91 Å². The van der Waals surface area contributed by atoms with Crippen LogP contribution in [0.3, 0.4) is 0 Å². The van der Waals surface area contributed by atoms with Crippen LogP contribution in [0, 0.1) is 0 Å². The monoisotopic (exact) mass is 439 g/mol. The summed E-state index contributed by atoms with van der Waals surface area (Å²) in [5, 5.41) is 2.65. The van der Waals surface area contributed by atoms with E-state index in [0.29, 0.717) is 11.3 Å². The first-order valence-corrected chi connectivity index (χ1v) is 10.5. The molecule has 26 heavy (non-hydrogen) atoms. The first-order chi connectivity index (χ1) is 12.1. The lowest BCUT2D eigenvalue weighted by Crippen LogP contribution is -2.30. The highest BCUT2D eigenvalue weighted by Crippen LogP contribution is 2.15. The maximum atomic E-state index is 12.2. The quantitative estimate of drug-likeness (QED) is 0.697. The molecule has 0 heterocycles. The van der Waals surface area contributed by atoms with Gasteiger partial charge in [-0.05, 0) is 48.9 Å². The molecule has 0 aliphatic rings. The van der Waals surface area contributed by atoms with Crippen LogP contribution in [0.25, 0.3) is 0 Å². The summed E-state index contributed by atoms with van der Waals surface area (Å²) in [5.74, 6) is -1.33. The number of hydrogen-bond donors (Lipinski definition) is 1. The van der Waals surface area contributed by atoms with Gasteiger partial charge in [0.15, 0.2) is 15.9 Å². The minimum atomic E-state index is -3.21.